The van der Waals surface area contributed by atoms with E-state index in [1.54, 1.807) is 48.8 Å². The summed E-state index contributed by atoms with van der Waals surface area (Å²) in [6, 6.07) is 18.1. The predicted molar refractivity (Wildman–Crippen MR) is 121 cm³/mol. The van der Waals surface area contributed by atoms with E-state index in [4.69, 9.17) is 0 Å². The van der Waals surface area contributed by atoms with Crippen LogP contribution in [0.3, 0.4) is 0 Å². The Bertz CT molecular complexity index is 1350. The van der Waals surface area contributed by atoms with Crippen LogP contribution in [0.5, 0.6) is 0 Å². The Balaban J connectivity index is 1.80. The molecular formula is C23H22N4O3S. The number of hydrogen-bond acceptors (Lipinski definition) is 5. The lowest BCUT2D eigenvalue weighted by Gasteiger charge is -2.22. The van der Waals surface area contributed by atoms with E-state index < -0.39 is 10.0 Å². The zero-order valence-corrected chi connectivity index (χ0v) is 18.1. The van der Waals surface area contributed by atoms with E-state index in [-0.39, 0.29) is 11.5 Å². The van der Waals surface area contributed by atoms with E-state index in [9.17, 15) is 13.2 Å². The molecule has 31 heavy (non-hydrogen) atoms. The third-order valence-corrected chi connectivity index (χ3v) is 6.97. The van der Waals surface area contributed by atoms with Gasteiger partial charge < -0.3 is 0 Å². The van der Waals surface area contributed by atoms with Gasteiger partial charge in [0.05, 0.1) is 28.9 Å². The molecule has 0 amide bonds. The molecule has 7 nitrogen and oxygen atoms in total. The molecule has 8 heteroatoms. The average Bonchev–Trinajstić information content (AvgIpc) is 3.24. The van der Waals surface area contributed by atoms with Gasteiger partial charge in [0.1, 0.15) is 0 Å². The molecule has 0 saturated carbocycles. The van der Waals surface area contributed by atoms with Gasteiger partial charge in [0.2, 0.25) is 10.0 Å². The summed E-state index contributed by atoms with van der Waals surface area (Å²) in [7, 11) is -3.39. The maximum atomic E-state index is 12.9. The Morgan fingerprint density at radius 2 is 1.81 bits per heavy atom. The summed E-state index contributed by atoms with van der Waals surface area (Å²) in [5, 5.41) is 4.40. The Hall–Kier alpha value is -3.52. The smallest absolute Gasteiger partial charge is 0.234 e. The molecule has 0 aliphatic rings. The van der Waals surface area contributed by atoms with Crippen LogP contribution >= 0.6 is 0 Å². The lowest BCUT2D eigenvalue weighted by molar-refractivity contribution is 0.104. The highest BCUT2D eigenvalue weighted by Gasteiger charge is 2.21. The summed E-state index contributed by atoms with van der Waals surface area (Å²) >= 11 is 0. The summed E-state index contributed by atoms with van der Waals surface area (Å²) in [4.78, 5) is 17.3. The first kappa shape index (κ1) is 20.7. The molecular weight excluding hydrogens is 412 g/mol. The normalized spacial score (nSPS) is 11.5. The number of carbonyl (C=O) groups excluding carboxylic acids is 1. The Kier molecular flexibility index (Phi) is 5.56. The molecule has 4 aromatic rings. The maximum Gasteiger partial charge on any atom is 0.234 e. The van der Waals surface area contributed by atoms with Gasteiger partial charge in [-0.3, -0.25) is 9.10 Å². The van der Waals surface area contributed by atoms with Crippen molar-refractivity contribution >= 4 is 27.1 Å². The summed E-state index contributed by atoms with van der Waals surface area (Å²) < 4.78 is 27.9. The third-order valence-electron chi connectivity index (χ3n) is 5.10. The summed E-state index contributed by atoms with van der Waals surface area (Å²) in [5.41, 5.74) is 3.49. The fraction of sp³-hybridized carbons (Fsp3) is 0.174. The van der Waals surface area contributed by atoms with Crippen molar-refractivity contribution in [3.05, 3.63) is 84.2 Å². The van der Waals surface area contributed by atoms with Crippen molar-refractivity contribution in [2.45, 2.75) is 13.8 Å². The summed E-state index contributed by atoms with van der Waals surface area (Å²) in [6.45, 7) is 3.77. The summed E-state index contributed by atoms with van der Waals surface area (Å²) in [6.07, 6.45) is 3.14. The molecule has 0 saturated heterocycles. The highest BCUT2D eigenvalue weighted by molar-refractivity contribution is 7.92. The van der Waals surface area contributed by atoms with E-state index in [0.29, 0.717) is 34.7 Å². The minimum Gasteiger partial charge on any atom is -0.288 e. The largest absolute Gasteiger partial charge is 0.288 e. The lowest BCUT2D eigenvalue weighted by atomic mass is 10.1. The van der Waals surface area contributed by atoms with Crippen molar-refractivity contribution in [3.63, 3.8) is 0 Å². The van der Waals surface area contributed by atoms with Crippen LogP contribution in [0.1, 0.15) is 29.8 Å². The van der Waals surface area contributed by atoms with E-state index in [1.165, 1.54) is 10.5 Å². The molecule has 0 unspecified atom stereocenters. The quantitative estimate of drug-likeness (QED) is 0.413. The second-order valence-electron chi connectivity index (χ2n) is 6.93. The molecule has 4 rings (SSSR count). The Labute approximate surface area is 181 Å². The van der Waals surface area contributed by atoms with Gasteiger partial charge >= 0.3 is 0 Å². The first-order valence-electron chi connectivity index (χ1n) is 9.99. The number of anilines is 1. The first-order valence-corrected chi connectivity index (χ1v) is 11.6. The van der Waals surface area contributed by atoms with Crippen molar-refractivity contribution in [1.82, 2.24) is 14.6 Å². The number of rotatable bonds is 7. The van der Waals surface area contributed by atoms with Crippen molar-refractivity contribution in [1.29, 1.82) is 0 Å². The van der Waals surface area contributed by atoms with Gasteiger partial charge in [-0.25, -0.2) is 17.9 Å². The number of nitrogens with zero attached hydrogens (tertiary/aromatic N) is 4. The topological polar surface area (TPSA) is 84.6 Å². The average molecular weight is 435 g/mol. The maximum absolute atomic E-state index is 12.9. The second-order valence-corrected chi connectivity index (χ2v) is 9.12. The predicted octanol–water partition coefficient (Wildman–Crippen LogP) is 3.80. The zero-order valence-electron chi connectivity index (χ0n) is 17.3. The van der Waals surface area contributed by atoms with Crippen LogP contribution in [0, 0.1) is 0 Å². The lowest BCUT2D eigenvalue weighted by Crippen LogP contribution is -2.32. The summed E-state index contributed by atoms with van der Waals surface area (Å²) in [5.74, 6) is -0.130. The van der Waals surface area contributed by atoms with Crippen molar-refractivity contribution in [2.24, 2.45) is 0 Å². The molecule has 2 heterocycles. The van der Waals surface area contributed by atoms with Gasteiger partial charge in [0.25, 0.3) is 0 Å². The Morgan fingerprint density at radius 1 is 1.03 bits per heavy atom. The zero-order chi connectivity index (χ0) is 22.0. The standard InChI is InChI=1S/C23H22N4O3S/c1-3-26(31(29,30)4-2)19-12-8-11-18(15-19)21-13-14-24-23-20(16-25-27(21)23)22(28)17-9-6-5-7-10-17/h5-16H,3-4H2,1-2H3. The fourth-order valence-electron chi connectivity index (χ4n) is 3.53. The van der Waals surface area contributed by atoms with Crippen LogP contribution in [0.2, 0.25) is 0 Å². The number of sulfonamides is 1. The SMILES string of the molecule is CCN(c1cccc(-c2ccnc3c(C(=O)c4ccccc4)cnn23)c1)S(=O)(=O)CC. The van der Waals surface area contributed by atoms with Crippen LogP contribution in [-0.4, -0.2) is 41.1 Å². The van der Waals surface area contributed by atoms with Gasteiger partial charge in [-0.15, -0.1) is 0 Å². The van der Waals surface area contributed by atoms with Gasteiger partial charge in [0, 0.05) is 23.9 Å². The number of ketones is 1. The second kappa shape index (κ2) is 8.31. The van der Waals surface area contributed by atoms with Crippen molar-refractivity contribution in [2.75, 3.05) is 16.6 Å². The van der Waals surface area contributed by atoms with Gasteiger partial charge in [-0.05, 0) is 32.0 Å². The third kappa shape index (κ3) is 3.82. The molecule has 0 N–H and O–H groups in total. The monoisotopic (exact) mass is 434 g/mol. The fourth-order valence-corrected chi connectivity index (χ4v) is 4.67. The molecule has 0 atom stereocenters. The van der Waals surface area contributed by atoms with E-state index >= 15 is 0 Å². The van der Waals surface area contributed by atoms with E-state index in [0.717, 1.165) is 5.56 Å². The molecule has 0 fully saturated rings. The number of fused-ring (bicyclic) bond motifs is 1. The van der Waals surface area contributed by atoms with Crippen LogP contribution < -0.4 is 4.31 Å². The molecule has 0 aliphatic heterocycles. The van der Waals surface area contributed by atoms with E-state index in [1.807, 2.05) is 36.4 Å². The van der Waals surface area contributed by atoms with Gasteiger partial charge in [-0.2, -0.15) is 5.10 Å². The minimum atomic E-state index is -3.39. The minimum absolute atomic E-state index is 0.0225. The molecule has 158 valence electrons. The van der Waals surface area contributed by atoms with Crippen LogP contribution in [0.25, 0.3) is 16.9 Å². The molecule has 0 radical (unpaired) electrons. The van der Waals surface area contributed by atoms with Crippen molar-refractivity contribution in [3.8, 4) is 11.3 Å². The number of hydrogen-bond donors (Lipinski definition) is 0. The number of benzene rings is 2. The molecule has 2 aromatic heterocycles. The van der Waals surface area contributed by atoms with E-state index in [2.05, 4.69) is 10.1 Å². The molecule has 2 aromatic carbocycles. The van der Waals surface area contributed by atoms with Gasteiger partial charge in [-0.1, -0.05) is 42.5 Å². The molecule has 0 aliphatic carbocycles. The first-order chi connectivity index (χ1) is 15.0. The highest BCUT2D eigenvalue weighted by atomic mass is 32.2. The van der Waals surface area contributed by atoms with Crippen molar-refractivity contribution < 1.29 is 13.2 Å². The highest BCUT2D eigenvalue weighted by Crippen LogP contribution is 2.27. The van der Waals surface area contributed by atoms with Crippen LogP contribution in [-0.2, 0) is 10.0 Å². The van der Waals surface area contributed by atoms with Crippen LogP contribution in [0.4, 0.5) is 5.69 Å². The molecule has 0 spiro atoms. The van der Waals surface area contributed by atoms with Gasteiger partial charge in [0.15, 0.2) is 11.4 Å². The molecule has 0 bridgehead atoms. The number of aromatic nitrogens is 3. The Morgan fingerprint density at radius 3 is 2.52 bits per heavy atom. The van der Waals surface area contributed by atoms with Crippen LogP contribution in [0.15, 0.2) is 73.1 Å². The number of carbonyl (C=O) groups is 1.